The molecule has 0 bridgehead atoms. The van der Waals surface area contributed by atoms with Crippen LogP contribution in [-0.2, 0) is 16.0 Å². The van der Waals surface area contributed by atoms with Crippen LogP contribution in [0.2, 0.25) is 0 Å². The number of hydrogen-bond acceptors (Lipinski definition) is 5. The van der Waals surface area contributed by atoms with Crippen LogP contribution in [0.5, 0.6) is 0 Å². The van der Waals surface area contributed by atoms with E-state index in [2.05, 4.69) is 10.3 Å². The van der Waals surface area contributed by atoms with Crippen molar-refractivity contribution in [3.63, 3.8) is 0 Å². The minimum atomic E-state index is -0.999. The molecule has 0 aliphatic carbocycles. The molecule has 104 valence electrons. The van der Waals surface area contributed by atoms with Gasteiger partial charge in [-0.25, -0.2) is 9.78 Å². The summed E-state index contributed by atoms with van der Waals surface area (Å²) in [6.45, 7) is 2.90. The van der Waals surface area contributed by atoms with Crippen LogP contribution in [0.3, 0.4) is 0 Å². The molecule has 7 heteroatoms. The van der Waals surface area contributed by atoms with Crippen LogP contribution in [0.4, 0.5) is 0 Å². The number of aromatic carboxylic acids is 1. The second-order valence-electron chi connectivity index (χ2n) is 4.44. The van der Waals surface area contributed by atoms with E-state index in [4.69, 9.17) is 9.84 Å². The molecule has 1 amide bonds. The molecule has 0 aromatic carbocycles. The highest BCUT2D eigenvalue weighted by molar-refractivity contribution is 7.13. The molecule has 2 heterocycles. The number of aryl methyl sites for hydroxylation is 1. The van der Waals surface area contributed by atoms with Crippen LogP contribution in [0.1, 0.15) is 33.2 Å². The highest BCUT2D eigenvalue weighted by atomic mass is 32.1. The number of carboxylic acids is 1. The van der Waals surface area contributed by atoms with Crippen molar-refractivity contribution >= 4 is 23.2 Å². The van der Waals surface area contributed by atoms with E-state index >= 15 is 0 Å². The van der Waals surface area contributed by atoms with Gasteiger partial charge in [0.25, 0.3) is 0 Å². The van der Waals surface area contributed by atoms with Crippen LogP contribution in [0, 0.1) is 6.92 Å². The summed E-state index contributed by atoms with van der Waals surface area (Å²) in [6.07, 6.45) is 2.23. The van der Waals surface area contributed by atoms with E-state index in [1.165, 1.54) is 0 Å². The largest absolute Gasteiger partial charge is 0.477 e. The molecule has 1 aromatic rings. The first-order valence-corrected chi connectivity index (χ1v) is 6.96. The molecule has 1 atom stereocenters. The Morgan fingerprint density at radius 2 is 2.37 bits per heavy atom. The first-order chi connectivity index (χ1) is 9.06. The zero-order chi connectivity index (χ0) is 13.8. The fourth-order valence-electron chi connectivity index (χ4n) is 1.96. The van der Waals surface area contributed by atoms with Gasteiger partial charge in [-0.15, -0.1) is 11.3 Å². The minimum Gasteiger partial charge on any atom is -0.477 e. The van der Waals surface area contributed by atoms with Crippen molar-refractivity contribution in [1.82, 2.24) is 10.3 Å². The lowest BCUT2D eigenvalue weighted by molar-refractivity contribution is -0.120. The lowest BCUT2D eigenvalue weighted by Gasteiger charge is -2.09. The number of thiazole rings is 1. The Hall–Kier alpha value is -1.47. The van der Waals surface area contributed by atoms with Crippen molar-refractivity contribution in [2.75, 3.05) is 13.2 Å². The Balaban J connectivity index is 1.84. The number of amides is 1. The molecule has 2 N–H and O–H groups in total. The Bertz CT molecular complexity index is 480. The van der Waals surface area contributed by atoms with E-state index in [9.17, 15) is 9.59 Å². The fraction of sp³-hybridized carbons (Fsp3) is 0.583. The highest BCUT2D eigenvalue weighted by Gasteiger charge is 2.18. The quantitative estimate of drug-likeness (QED) is 0.841. The number of carbonyl (C=O) groups excluding carboxylic acids is 1. The zero-order valence-corrected chi connectivity index (χ0v) is 11.5. The van der Waals surface area contributed by atoms with Gasteiger partial charge in [0.2, 0.25) is 5.91 Å². The second-order valence-corrected chi connectivity index (χ2v) is 5.53. The van der Waals surface area contributed by atoms with Gasteiger partial charge in [-0.05, 0) is 19.8 Å². The number of rotatable bonds is 5. The Kier molecular flexibility index (Phi) is 4.49. The molecule has 1 saturated heterocycles. The molecule has 1 aliphatic rings. The Labute approximate surface area is 114 Å². The van der Waals surface area contributed by atoms with Gasteiger partial charge in [0.05, 0.1) is 18.2 Å². The number of carbonyl (C=O) groups is 2. The highest BCUT2D eigenvalue weighted by Crippen LogP contribution is 2.18. The van der Waals surface area contributed by atoms with Crippen LogP contribution >= 0.6 is 11.3 Å². The summed E-state index contributed by atoms with van der Waals surface area (Å²) >= 11 is 1.05. The van der Waals surface area contributed by atoms with Gasteiger partial charge in [0.15, 0.2) is 0 Å². The lowest BCUT2D eigenvalue weighted by Crippen LogP contribution is -2.32. The van der Waals surface area contributed by atoms with Gasteiger partial charge in [0.1, 0.15) is 9.88 Å². The smallest absolute Gasteiger partial charge is 0.347 e. The summed E-state index contributed by atoms with van der Waals surface area (Å²) in [5.74, 6) is -1.15. The SMILES string of the molecule is Cc1nc(CC(=O)NC[C@@H]2CCCO2)sc1C(=O)O. The average molecular weight is 284 g/mol. The molecule has 0 saturated carbocycles. The molecular formula is C12H16N2O4S. The minimum absolute atomic E-state index is 0.108. The Morgan fingerprint density at radius 1 is 1.58 bits per heavy atom. The fourth-order valence-corrected chi connectivity index (χ4v) is 2.86. The maximum atomic E-state index is 11.7. The third-order valence-electron chi connectivity index (χ3n) is 2.90. The number of aromatic nitrogens is 1. The van der Waals surface area contributed by atoms with Gasteiger partial charge in [-0.2, -0.15) is 0 Å². The number of hydrogen-bond donors (Lipinski definition) is 2. The third kappa shape index (κ3) is 3.74. The van der Waals surface area contributed by atoms with Crippen molar-refractivity contribution in [3.05, 3.63) is 15.6 Å². The van der Waals surface area contributed by atoms with Gasteiger partial charge in [-0.1, -0.05) is 0 Å². The summed E-state index contributed by atoms with van der Waals surface area (Å²) in [4.78, 5) is 26.9. The zero-order valence-electron chi connectivity index (χ0n) is 10.6. The first-order valence-electron chi connectivity index (χ1n) is 6.14. The third-order valence-corrected chi connectivity index (χ3v) is 4.04. The van der Waals surface area contributed by atoms with Crippen LogP contribution in [0.25, 0.3) is 0 Å². The van der Waals surface area contributed by atoms with Crippen molar-refractivity contribution in [3.8, 4) is 0 Å². The van der Waals surface area contributed by atoms with Gasteiger partial charge < -0.3 is 15.2 Å². The molecule has 19 heavy (non-hydrogen) atoms. The predicted octanol–water partition coefficient (Wildman–Crippen LogP) is 0.987. The number of ether oxygens (including phenoxy) is 1. The Morgan fingerprint density at radius 3 is 2.95 bits per heavy atom. The molecule has 0 spiro atoms. The van der Waals surface area contributed by atoms with Crippen molar-refractivity contribution < 1.29 is 19.4 Å². The molecular weight excluding hydrogens is 268 g/mol. The van der Waals surface area contributed by atoms with E-state index in [0.29, 0.717) is 17.2 Å². The predicted molar refractivity (Wildman–Crippen MR) is 69.5 cm³/mol. The van der Waals surface area contributed by atoms with E-state index in [1.807, 2.05) is 0 Å². The van der Waals surface area contributed by atoms with Crippen molar-refractivity contribution in [2.24, 2.45) is 0 Å². The van der Waals surface area contributed by atoms with E-state index in [1.54, 1.807) is 6.92 Å². The lowest BCUT2D eigenvalue weighted by atomic mass is 10.2. The number of nitrogens with one attached hydrogen (secondary N) is 1. The van der Waals surface area contributed by atoms with E-state index in [0.717, 1.165) is 30.8 Å². The summed E-state index contributed by atoms with van der Waals surface area (Å²) in [6, 6.07) is 0. The van der Waals surface area contributed by atoms with Crippen LogP contribution in [-0.4, -0.2) is 41.2 Å². The summed E-state index contributed by atoms with van der Waals surface area (Å²) in [5.41, 5.74) is 0.458. The molecule has 2 rings (SSSR count). The first kappa shape index (κ1) is 14.0. The summed E-state index contributed by atoms with van der Waals surface area (Å²) < 4.78 is 5.40. The van der Waals surface area contributed by atoms with Gasteiger partial charge in [-0.3, -0.25) is 4.79 Å². The van der Waals surface area contributed by atoms with Crippen LogP contribution in [0.15, 0.2) is 0 Å². The maximum Gasteiger partial charge on any atom is 0.347 e. The molecule has 1 aliphatic heterocycles. The summed E-state index contributed by atoms with van der Waals surface area (Å²) in [7, 11) is 0. The molecule has 1 aromatic heterocycles. The molecule has 6 nitrogen and oxygen atoms in total. The maximum absolute atomic E-state index is 11.7. The number of nitrogens with zero attached hydrogens (tertiary/aromatic N) is 1. The van der Waals surface area contributed by atoms with Gasteiger partial charge in [0, 0.05) is 13.2 Å². The van der Waals surface area contributed by atoms with Crippen molar-refractivity contribution in [2.45, 2.75) is 32.3 Å². The topological polar surface area (TPSA) is 88.5 Å². The van der Waals surface area contributed by atoms with E-state index < -0.39 is 5.97 Å². The average Bonchev–Trinajstić information content (AvgIpc) is 2.96. The van der Waals surface area contributed by atoms with Crippen molar-refractivity contribution in [1.29, 1.82) is 0 Å². The van der Waals surface area contributed by atoms with Crippen LogP contribution < -0.4 is 5.32 Å². The van der Waals surface area contributed by atoms with Gasteiger partial charge >= 0.3 is 5.97 Å². The monoisotopic (exact) mass is 284 g/mol. The second kappa shape index (κ2) is 6.12. The summed E-state index contributed by atoms with van der Waals surface area (Å²) in [5, 5.41) is 12.2. The van der Waals surface area contributed by atoms with E-state index in [-0.39, 0.29) is 23.3 Å². The normalized spacial score (nSPS) is 18.5. The molecule has 0 radical (unpaired) electrons. The molecule has 1 fully saturated rings. The number of carboxylic acid groups (broad SMARTS) is 1. The molecule has 0 unspecified atom stereocenters. The standard InChI is InChI=1S/C12H16N2O4S/c1-7-11(12(16)17)19-10(14-7)5-9(15)13-6-8-3-2-4-18-8/h8H,2-6H2,1H3,(H,13,15)(H,16,17)/t8-/m0/s1.